The second-order valence-corrected chi connectivity index (χ2v) is 4.97. The predicted molar refractivity (Wildman–Crippen MR) is 73.5 cm³/mol. The molecule has 94 valence electrons. The van der Waals surface area contributed by atoms with E-state index in [1.165, 1.54) is 11.3 Å². The number of anilines is 1. The van der Waals surface area contributed by atoms with E-state index in [1.54, 1.807) is 0 Å². The second kappa shape index (κ2) is 5.52. The fourth-order valence-electron chi connectivity index (χ4n) is 2.65. The number of piperazine rings is 1. The minimum Gasteiger partial charge on any atom is -0.366 e. The third-order valence-electron chi connectivity index (χ3n) is 3.61. The Morgan fingerprint density at radius 1 is 1.29 bits per heavy atom. The number of aryl methyl sites for hydroxylation is 1. The van der Waals surface area contributed by atoms with Crippen molar-refractivity contribution < 1.29 is 0 Å². The maximum absolute atomic E-state index is 5.74. The normalized spacial score (nSPS) is 21.8. The van der Waals surface area contributed by atoms with E-state index in [1.807, 2.05) is 0 Å². The standard InChI is InChI=1S/C14H23N3/c1-12-5-3-4-6-14(12)17-10-9-16(2)11-13(17)7-8-15/h3-6,13H,7-11,15H2,1-2H3. The first-order valence-corrected chi connectivity index (χ1v) is 6.43. The first-order chi connectivity index (χ1) is 8.22. The van der Waals surface area contributed by atoms with Gasteiger partial charge in [-0.3, -0.25) is 0 Å². The number of likely N-dealkylation sites (N-methyl/N-ethyl adjacent to an activating group) is 1. The Kier molecular flexibility index (Phi) is 4.02. The van der Waals surface area contributed by atoms with Crippen LogP contribution in [0, 0.1) is 6.92 Å². The van der Waals surface area contributed by atoms with E-state index in [0.29, 0.717) is 6.04 Å². The minimum atomic E-state index is 0.555. The highest BCUT2D eigenvalue weighted by Gasteiger charge is 2.25. The van der Waals surface area contributed by atoms with Gasteiger partial charge in [0.2, 0.25) is 0 Å². The molecule has 1 aromatic carbocycles. The first-order valence-electron chi connectivity index (χ1n) is 6.43. The van der Waals surface area contributed by atoms with E-state index in [4.69, 9.17) is 5.73 Å². The molecule has 0 aromatic heterocycles. The fraction of sp³-hybridized carbons (Fsp3) is 0.571. The molecule has 1 unspecified atom stereocenters. The number of hydrogen-bond donors (Lipinski definition) is 1. The second-order valence-electron chi connectivity index (χ2n) is 4.97. The number of benzene rings is 1. The topological polar surface area (TPSA) is 32.5 Å². The Morgan fingerprint density at radius 3 is 2.76 bits per heavy atom. The molecule has 1 atom stereocenters. The molecule has 3 heteroatoms. The summed E-state index contributed by atoms with van der Waals surface area (Å²) in [4.78, 5) is 4.93. The minimum absolute atomic E-state index is 0.555. The van der Waals surface area contributed by atoms with Crippen LogP contribution >= 0.6 is 0 Å². The maximum atomic E-state index is 5.74. The molecular weight excluding hydrogens is 210 g/mol. The van der Waals surface area contributed by atoms with E-state index in [-0.39, 0.29) is 0 Å². The average molecular weight is 233 g/mol. The Bertz CT molecular complexity index is 364. The van der Waals surface area contributed by atoms with Gasteiger partial charge in [-0.05, 0) is 38.6 Å². The number of hydrogen-bond acceptors (Lipinski definition) is 3. The summed E-state index contributed by atoms with van der Waals surface area (Å²) in [6.45, 7) is 6.31. The smallest absolute Gasteiger partial charge is 0.0429 e. The molecule has 1 fully saturated rings. The van der Waals surface area contributed by atoms with Crippen LogP contribution in [0.2, 0.25) is 0 Å². The van der Waals surface area contributed by atoms with E-state index >= 15 is 0 Å². The fourth-order valence-corrected chi connectivity index (χ4v) is 2.65. The van der Waals surface area contributed by atoms with Crippen molar-refractivity contribution in [1.29, 1.82) is 0 Å². The third kappa shape index (κ3) is 2.79. The van der Waals surface area contributed by atoms with Crippen LogP contribution in [-0.4, -0.2) is 44.2 Å². The molecule has 0 bridgehead atoms. The van der Waals surface area contributed by atoms with Gasteiger partial charge in [0.15, 0.2) is 0 Å². The molecule has 2 rings (SSSR count). The van der Waals surface area contributed by atoms with Crippen LogP contribution in [0.4, 0.5) is 5.69 Å². The molecule has 3 nitrogen and oxygen atoms in total. The summed E-state index contributed by atoms with van der Waals surface area (Å²) < 4.78 is 0. The zero-order valence-electron chi connectivity index (χ0n) is 10.9. The zero-order valence-corrected chi connectivity index (χ0v) is 10.9. The van der Waals surface area contributed by atoms with E-state index in [0.717, 1.165) is 32.6 Å². The van der Waals surface area contributed by atoms with Crippen molar-refractivity contribution >= 4 is 5.69 Å². The van der Waals surface area contributed by atoms with Crippen molar-refractivity contribution in [2.45, 2.75) is 19.4 Å². The summed E-state index contributed by atoms with van der Waals surface area (Å²) in [5.74, 6) is 0. The monoisotopic (exact) mass is 233 g/mol. The Hall–Kier alpha value is -1.06. The number of nitrogens with two attached hydrogens (primary N) is 1. The molecule has 1 saturated heterocycles. The summed E-state index contributed by atoms with van der Waals surface area (Å²) in [5.41, 5.74) is 8.47. The van der Waals surface area contributed by atoms with Gasteiger partial charge < -0.3 is 15.5 Å². The molecule has 0 aliphatic carbocycles. The van der Waals surface area contributed by atoms with Gasteiger partial charge in [-0.1, -0.05) is 18.2 Å². The SMILES string of the molecule is Cc1ccccc1N1CCN(C)CC1CCN. The molecule has 1 aromatic rings. The quantitative estimate of drug-likeness (QED) is 0.858. The van der Waals surface area contributed by atoms with Crippen molar-refractivity contribution in [2.75, 3.05) is 38.1 Å². The molecule has 1 aliphatic heterocycles. The molecule has 0 radical (unpaired) electrons. The lowest BCUT2D eigenvalue weighted by molar-refractivity contribution is 0.261. The van der Waals surface area contributed by atoms with Crippen LogP contribution in [0.15, 0.2) is 24.3 Å². The predicted octanol–water partition coefficient (Wildman–Crippen LogP) is 1.46. The number of para-hydroxylation sites is 1. The van der Waals surface area contributed by atoms with Crippen LogP contribution in [0.1, 0.15) is 12.0 Å². The van der Waals surface area contributed by atoms with Gasteiger partial charge in [-0.15, -0.1) is 0 Å². The summed E-state index contributed by atoms with van der Waals surface area (Å²) in [5, 5.41) is 0. The molecule has 1 heterocycles. The summed E-state index contributed by atoms with van der Waals surface area (Å²) in [6, 6.07) is 9.20. The molecule has 0 spiro atoms. The van der Waals surface area contributed by atoms with Crippen LogP contribution in [-0.2, 0) is 0 Å². The van der Waals surface area contributed by atoms with Gasteiger partial charge in [0.1, 0.15) is 0 Å². The van der Waals surface area contributed by atoms with Gasteiger partial charge in [0.05, 0.1) is 0 Å². The molecule has 0 saturated carbocycles. The van der Waals surface area contributed by atoms with Crippen molar-refractivity contribution in [3.05, 3.63) is 29.8 Å². The number of nitrogens with zero attached hydrogens (tertiary/aromatic N) is 2. The molecule has 17 heavy (non-hydrogen) atoms. The third-order valence-corrected chi connectivity index (χ3v) is 3.61. The van der Waals surface area contributed by atoms with Crippen LogP contribution in [0.5, 0.6) is 0 Å². The summed E-state index contributed by atoms with van der Waals surface area (Å²) in [6.07, 6.45) is 1.07. The highest BCUT2D eigenvalue weighted by atomic mass is 15.3. The lowest BCUT2D eigenvalue weighted by Crippen LogP contribution is -2.52. The van der Waals surface area contributed by atoms with Gasteiger partial charge in [0, 0.05) is 31.4 Å². The van der Waals surface area contributed by atoms with Crippen molar-refractivity contribution in [3.8, 4) is 0 Å². The van der Waals surface area contributed by atoms with Gasteiger partial charge >= 0.3 is 0 Å². The Balaban J connectivity index is 2.20. The maximum Gasteiger partial charge on any atom is 0.0429 e. The lowest BCUT2D eigenvalue weighted by atomic mass is 10.1. The van der Waals surface area contributed by atoms with E-state index in [9.17, 15) is 0 Å². The van der Waals surface area contributed by atoms with Gasteiger partial charge in [0.25, 0.3) is 0 Å². The molecule has 0 amide bonds. The highest BCUT2D eigenvalue weighted by Crippen LogP contribution is 2.24. The van der Waals surface area contributed by atoms with Crippen molar-refractivity contribution in [2.24, 2.45) is 5.73 Å². The zero-order chi connectivity index (χ0) is 12.3. The van der Waals surface area contributed by atoms with Crippen molar-refractivity contribution in [3.63, 3.8) is 0 Å². The summed E-state index contributed by atoms with van der Waals surface area (Å²) in [7, 11) is 2.19. The largest absolute Gasteiger partial charge is 0.366 e. The summed E-state index contributed by atoms with van der Waals surface area (Å²) >= 11 is 0. The van der Waals surface area contributed by atoms with E-state index in [2.05, 4.69) is 48.0 Å². The molecule has 2 N–H and O–H groups in total. The van der Waals surface area contributed by atoms with Crippen LogP contribution in [0.3, 0.4) is 0 Å². The van der Waals surface area contributed by atoms with Crippen LogP contribution in [0.25, 0.3) is 0 Å². The molecular formula is C14H23N3. The first kappa shape index (κ1) is 12.4. The van der Waals surface area contributed by atoms with Gasteiger partial charge in [-0.2, -0.15) is 0 Å². The number of rotatable bonds is 3. The Labute approximate surface area is 104 Å². The highest BCUT2D eigenvalue weighted by molar-refractivity contribution is 5.54. The van der Waals surface area contributed by atoms with Crippen LogP contribution < -0.4 is 10.6 Å². The molecule has 1 aliphatic rings. The van der Waals surface area contributed by atoms with E-state index < -0.39 is 0 Å². The Morgan fingerprint density at radius 2 is 2.06 bits per heavy atom. The van der Waals surface area contributed by atoms with Gasteiger partial charge in [-0.25, -0.2) is 0 Å². The average Bonchev–Trinajstić information content (AvgIpc) is 2.31. The van der Waals surface area contributed by atoms with Crippen molar-refractivity contribution in [1.82, 2.24) is 4.90 Å². The lowest BCUT2D eigenvalue weighted by Gasteiger charge is -2.42.